The first-order valence-electron chi connectivity index (χ1n) is 10.8. The van der Waals surface area contributed by atoms with Gasteiger partial charge in [-0.1, -0.05) is 18.2 Å². The largest absolute Gasteiger partial charge is 0.466 e. The van der Waals surface area contributed by atoms with E-state index >= 15 is 0 Å². The van der Waals surface area contributed by atoms with Crippen molar-refractivity contribution in [2.24, 2.45) is 5.92 Å². The van der Waals surface area contributed by atoms with Crippen LogP contribution in [0.3, 0.4) is 0 Å². The number of imide groups is 1. The van der Waals surface area contributed by atoms with E-state index in [0.717, 1.165) is 24.3 Å². The highest BCUT2D eigenvalue weighted by molar-refractivity contribution is 6.21. The maximum absolute atomic E-state index is 13.1. The SMILES string of the molecule is CCOC(=O)[C@H]1CCC[NH+]([C@@H]2CC(=O)N(c3ccc(Oc4ccccc4)cc3)C2=O)C1. The molecule has 7 nitrogen and oxygen atoms in total. The number of nitrogens with one attached hydrogen (secondary N) is 1. The van der Waals surface area contributed by atoms with Gasteiger partial charge in [-0.15, -0.1) is 0 Å². The minimum absolute atomic E-state index is 0.159. The summed E-state index contributed by atoms with van der Waals surface area (Å²) < 4.78 is 10.9. The summed E-state index contributed by atoms with van der Waals surface area (Å²) in [5.41, 5.74) is 0.538. The molecule has 2 aromatic rings. The van der Waals surface area contributed by atoms with Crippen LogP contribution in [0.2, 0.25) is 0 Å². The van der Waals surface area contributed by atoms with Gasteiger partial charge in [-0.25, -0.2) is 4.90 Å². The van der Waals surface area contributed by atoms with Gasteiger partial charge in [-0.05, 0) is 56.2 Å². The topological polar surface area (TPSA) is 77.3 Å². The summed E-state index contributed by atoms with van der Waals surface area (Å²) in [6, 6.07) is 15.9. The van der Waals surface area contributed by atoms with E-state index in [4.69, 9.17) is 9.47 Å². The quantitative estimate of drug-likeness (QED) is 0.568. The zero-order chi connectivity index (χ0) is 21.8. The molecule has 0 aliphatic carbocycles. The summed E-state index contributed by atoms with van der Waals surface area (Å²) in [4.78, 5) is 40.2. The maximum Gasteiger partial charge on any atom is 0.314 e. The van der Waals surface area contributed by atoms with Crippen molar-refractivity contribution in [2.75, 3.05) is 24.6 Å². The maximum atomic E-state index is 13.1. The third-order valence-corrected chi connectivity index (χ3v) is 5.89. The van der Waals surface area contributed by atoms with E-state index in [1.807, 2.05) is 30.3 Å². The van der Waals surface area contributed by atoms with Gasteiger partial charge < -0.3 is 14.4 Å². The van der Waals surface area contributed by atoms with Gasteiger partial charge in [0.1, 0.15) is 17.4 Å². The van der Waals surface area contributed by atoms with E-state index in [-0.39, 0.29) is 30.1 Å². The van der Waals surface area contributed by atoms with Crippen LogP contribution in [0.15, 0.2) is 54.6 Å². The van der Waals surface area contributed by atoms with Gasteiger partial charge in [0, 0.05) is 0 Å². The Balaban J connectivity index is 1.44. The second-order valence-corrected chi connectivity index (χ2v) is 7.94. The van der Waals surface area contributed by atoms with Crippen LogP contribution in [0.4, 0.5) is 5.69 Å². The highest BCUT2D eigenvalue weighted by Crippen LogP contribution is 2.27. The summed E-state index contributed by atoms with van der Waals surface area (Å²) in [6.45, 7) is 3.44. The smallest absolute Gasteiger partial charge is 0.314 e. The second kappa shape index (κ2) is 9.31. The Hall–Kier alpha value is -3.19. The first-order valence-corrected chi connectivity index (χ1v) is 10.8. The molecule has 2 aromatic carbocycles. The van der Waals surface area contributed by atoms with Gasteiger partial charge in [0.25, 0.3) is 5.91 Å². The molecule has 31 heavy (non-hydrogen) atoms. The van der Waals surface area contributed by atoms with E-state index in [1.54, 1.807) is 31.2 Å². The van der Waals surface area contributed by atoms with Crippen LogP contribution in [0.25, 0.3) is 0 Å². The van der Waals surface area contributed by atoms with E-state index in [2.05, 4.69) is 0 Å². The number of esters is 1. The number of carbonyl (C=O) groups is 3. The number of hydrogen-bond donors (Lipinski definition) is 1. The molecule has 0 spiro atoms. The Morgan fingerprint density at radius 2 is 1.77 bits per heavy atom. The number of nitrogens with zero attached hydrogens (tertiary/aromatic N) is 1. The molecule has 0 aromatic heterocycles. The van der Waals surface area contributed by atoms with Crippen LogP contribution in [0.1, 0.15) is 26.2 Å². The van der Waals surface area contributed by atoms with Crippen molar-refractivity contribution in [3.63, 3.8) is 0 Å². The van der Waals surface area contributed by atoms with Crippen molar-refractivity contribution in [1.29, 1.82) is 0 Å². The molecule has 0 saturated carbocycles. The molecule has 2 saturated heterocycles. The third kappa shape index (κ3) is 4.61. The molecule has 1 N–H and O–H groups in total. The van der Waals surface area contributed by atoms with Crippen LogP contribution >= 0.6 is 0 Å². The number of quaternary nitrogens is 1. The number of amides is 2. The molecule has 0 bridgehead atoms. The lowest BCUT2D eigenvalue weighted by Gasteiger charge is -2.31. The molecule has 1 unspecified atom stereocenters. The highest BCUT2D eigenvalue weighted by atomic mass is 16.5. The standard InChI is InChI=1S/C24H26N2O5/c1-2-30-24(29)17-7-6-14-25(16-17)21-15-22(27)26(23(21)28)18-10-12-20(13-11-18)31-19-8-4-3-5-9-19/h3-5,8-13,17,21H,2,6-7,14-16H2,1H3/p+1/t17-,21+/m0/s1. The molecule has 7 heteroatoms. The fourth-order valence-electron chi connectivity index (χ4n) is 4.38. The Morgan fingerprint density at radius 3 is 2.48 bits per heavy atom. The van der Waals surface area contributed by atoms with E-state index in [1.165, 1.54) is 4.90 Å². The molecule has 0 radical (unpaired) electrons. The second-order valence-electron chi connectivity index (χ2n) is 7.94. The molecular formula is C24H27N2O5+. The summed E-state index contributed by atoms with van der Waals surface area (Å²) >= 11 is 0. The molecular weight excluding hydrogens is 396 g/mol. The predicted molar refractivity (Wildman–Crippen MR) is 114 cm³/mol. The Morgan fingerprint density at radius 1 is 1.06 bits per heavy atom. The first-order chi connectivity index (χ1) is 15.1. The molecule has 2 amide bonds. The number of carbonyl (C=O) groups excluding carboxylic acids is 3. The Labute approximate surface area is 181 Å². The third-order valence-electron chi connectivity index (χ3n) is 5.89. The summed E-state index contributed by atoms with van der Waals surface area (Å²) in [5, 5.41) is 0. The summed E-state index contributed by atoms with van der Waals surface area (Å²) in [7, 11) is 0. The number of benzene rings is 2. The zero-order valence-corrected chi connectivity index (χ0v) is 17.6. The van der Waals surface area contributed by atoms with Gasteiger partial charge in [0.15, 0.2) is 6.04 Å². The number of likely N-dealkylation sites (tertiary alicyclic amines) is 1. The summed E-state index contributed by atoms with van der Waals surface area (Å²) in [6.07, 6.45) is 1.76. The molecule has 2 aliphatic heterocycles. The predicted octanol–water partition coefficient (Wildman–Crippen LogP) is 1.97. The highest BCUT2D eigenvalue weighted by Gasteiger charge is 2.47. The van der Waals surface area contributed by atoms with Gasteiger partial charge in [0.2, 0.25) is 5.91 Å². The fraction of sp³-hybridized carbons (Fsp3) is 0.375. The van der Waals surface area contributed by atoms with Gasteiger partial charge in [-0.2, -0.15) is 0 Å². The number of hydrogen-bond acceptors (Lipinski definition) is 5. The van der Waals surface area contributed by atoms with E-state index in [0.29, 0.717) is 30.3 Å². The molecule has 2 aliphatic rings. The summed E-state index contributed by atoms with van der Waals surface area (Å²) in [5.74, 6) is 0.508. The van der Waals surface area contributed by atoms with Crippen LogP contribution in [0, 0.1) is 5.92 Å². The number of para-hydroxylation sites is 1. The normalized spacial score (nSPS) is 23.6. The van der Waals surface area contributed by atoms with Gasteiger partial charge >= 0.3 is 5.97 Å². The van der Waals surface area contributed by atoms with Crippen molar-refractivity contribution in [3.05, 3.63) is 54.6 Å². The average Bonchev–Trinajstić information content (AvgIpc) is 3.09. The minimum atomic E-state index is -0.454. The van der Waals surface area contributed by atoms with Crippen LogP contribution < -0.4 is 14.5 Å². The van der Waals surface area contributed by atoms with Gasteiger partial charge in [-0.3, -0.25) is 14.4 Å². The number of ether oxygens (including phenoxy) is 2. The van der Waals surface area contributed by atoms with Crippen molar-refractivity contribution >= 4 is 23.5 Å². The molecule has 2 fully saturated rings. The number of piperidine rings is 1. The lowest BCUT2D eigenvalue weighted by Crippen LogP contribution is -3.18. The minimum Gasteiger partial charge on any atom is -0.466 e. The van der Waals surface area contributed by atoms with E-state index < -0.39 is 6.04 Å². The van der Waals surface area contributed by atoms with Crippen molar-refractivity contribution in [1.82, 2.24) is 0 Å². The molecule has 2 heterocycles. The van der Waals surface area contributed by atoms with Crippen LogP contribution in [0.5, 0.6) is 11.5 Å². The number of rotatable bonds is 6. The monoisotopic (exact) mass is 423 g/mol. The lowest BCUT2D eigenvalue weighted by atomic mass is 9.96. The Bertz CT molecular complexity index is 944. The number of anilines is 1. The van der Waals surface area contributed by atoms with Crippen molar-refractivity contribution in [2.45, 2.75) is 32.2 Å². The zero-order valence-electron chi connectivity index (χ0n) is 17.6. The van der Waals surface area contributed by atoms with Crippen molar-refractivity contribution < 1.29 is 28.8 Å². The molecule has 4 rings (SSSR count). The van der Waals surface area contributed by atoms with Crippen molar-refractivity contribution in [3.8, 4) is 11.5 Å². The lowest BCUT2D eigenvalue weighted by molar-refractivity contribution is -0.922. The fourth-order valence-corrected chi connectivity index (χ4v) is 4.38. The first kappa shape index (κ1) is 21.1. The molecule has 3 atom stereocenters. The Kier molecular flexibility index (Phi) is 6.32. The van der Waals surface area contributed by atoms with E-state index in [9.17, 15) is 14.4 Å². The van der Waals surface area contributed by atoms with Crippen LogP contribution in [-0.2, 0) is 19.1 Å². The van der Waals surface area contributed by atoms with Gasteiger partial charge in [0.05, 0.1) is 31.8 Å². The van der Waals surface area contributed by atoms with Crippen LogP contribution in [-0.4, -0.2) is 43.5 Å². The molecule has 162 valence electrons. The average molecular weight is 423 g/mol.